The third-order valence-electron chi connectivity index (χ3n) is 1.79. The van der Waals surface area contributed by atoms with E-state index >= 15 is 0 Å². The number of carbonyl (C=O) groups excluding carboxylic acids is 1. The highest BCUT2D eigenvalue weighted by atomic mass is 32.1. The molecule has 0 radical (unpaired) electrons. The summed E-state index contributed by atoms with van der Waals surface area (Å²) >= 11 is 4.09. The monoisotopic (exact) mass is 210 g/mol. The summed E-state index contributed by atoms with van der Waals surface area (Å²) in [4.78, 5) is 22.0. The Balaban J connectivity index is 3.13. The van der Waals surface area contributed by atoms with Crippen molar-refractivity contribution in [1.82, 2.24) is 0 Å². The Hall–Kier alpha value is -1.29. The van der Waals surface area contributed by atoms with Gasteiger partial charge < -0.3 is 5.11 Å². The average molecular weight is 210 g/mol. The number of carboxylic acid groups (broad SMARTS) is 1. The highest BCUT2D eigenvalue weighted by molar-refractivity contribution is 7.80. The van der Waals surface area contributed by atoms with Crippen LogP contribution in [0.4, 0.5) is 0 Å². The molecule has 0 aliphatic rings. The summed E-state index contributed by atoms with van der Waals surface area (Å²) in [5.74, 6) is -1.04. The molecule has 0 spiro atoms. The van der Waals surface area contributed by atoms with Crippen LogP contribution in [0.3, 0.4) is 0 Å². The van der Waals surface area contributed by atoms with Crippen molar-refractivity contribution in [3.8, 4) is 0 Å². The maximum Gasteiger partial charge on any atom is 0.336 e. The fourth-order valence-corrected chi connectivity index (χ4v) is 1.50. The number of Topliss-reactive ketones (excluding diaryl/α,β-unsaturated/α-hetero) is 1. The van der Waals surface area contributed by atoms with Crippen LogP contribution in [-0.2, 0) is 11.2 Å². The quantitative estimate of drug-likeness (QED) is 0.748. The van der Waals surface area contributed by atoms with Crippen molar-refractivity contribution < 1.29 is 14.7 Å². The number of carboxylic acids is 1. The molecule has 0 fully saturated rings. The van der Waals surface area contributed by atoms with Gasteiger partial charge in [0.15, 0.2) is 0 Å². The molecule has 0 heterocycles. The second-order valence-corrected chi connectivity index (χ2v) is 3.44. The first-order chi connectivity index (χ1) is 6.52. The van der Waals surface area contributed by atoms with Gasteiger partial charge in [0.2, 0.25) is 0 Å². The standard InChI is InChI=1S/C10H10O3S/c1-6(11)5-7-3-2-4-8(9(7)14)10(12)13/h2-4,14H,5H2,1H3,(H,12,13). The van der Waals surface area contributed by atoms with E-state index in [0.29, 0.717) is 10.5 Å². The van der Waals surface area contributed by atoms with Crippen LogP contribution >= 0.6 is 12.6 Å². The largest absolute Gasteiger partial charge is 0.478 e. The molecule has 0 saturated carbocycles. The molecule has 1 N–H and O–H groups in total. The highest BCUT2D eigenvalue weighted by Gasteiger charge is 2.11. The molecular formula is C10H10O3S. The number of carbonyl (C=O) groups is 2. The van der Waals surface area contributed by atoms with Gasteiger partial charge in [0.1, 0.15) is 5.78 Å². The van der Waals surface area contributed by atoms with Gasteiger partial charge >= 0.3 is 5.97 Å². The van der Waals surface area contributed by atoms with Crippen molar-refractivity contribution in [3.05, 3.63) is 29.3 Å². The van der Waals surface area contributed by atoms with Crippen molar-refractivity contribution in [2.24, 2.45) is 0 Å². The number of ketones is 1. The molecule has 0 aromatic heterocycles. The zero-order valence-electron chi connectivity index (χ0n) is 7.65. The molecule has 74 valence electrons. The Labute approximate surface area is 87.2 Å². The lowest BCUT2D eigenvalue weighted by atomic mass is 10.1. The summed E-state index contributed by atoms with van der Waals surface area (Å²) in [6.45, 7) is 1.46. The number of rotatable bonds is 3. The molecule has 4 heteroatoms. The summed E-state index contributed by atoms with van der Waals surface area (Å²) in [7, 11) is 0. The van der Waals surface area contributed by atoms with Gasteiger partial charge in [-0.1, -0.05) is 12.1 Å². The van der Waals surface area contributed by atoms with Gasteiger partial charge in [-0.05, 0) is 18.6 Å². The summed E-state index contributed by atoms with van der Waals surface area (Å²) in [5, 5.41) is 8.79. The second kappa shape index (κ2) is 4.28. The van der Waals surface area contributed by atoms with E-state index in [2.05, 4.69) is 12.6 Å². The van der Waals surface area contributed by atoms with Gasteiger partial charge in [-0.3, -0.25) is 4.79 Å². The molecule has 0 aliphatic heterocycles. The number of hydrogen-bond acceptors (Lipinski definition) is 3. The molecule has 0 saturated heterocycles. The molecule has 0 unspecified atom stereocenters. The minimum atomic E-state index is -1.03. The van der Waals surface area contributed by atoms with Crippen LogP contribution in [0.25, 0.3) is 0 Å². The van der Waals surface area contributed by atoms with Gasteiger partial charge in [0.05, 0.1) is 5.56 Å². The topological polar surface area (TPSA) is 54.4 Å². The molecule has 14 heavy (non-hydrogen) atoms. The van der Waals surface area contributed by atoms with E-state index in [9.17, 15) is 9.59 Å². The first-order valence-corrected chi connectivity index (χ1v) is 4.50. The zero-order valence-corrected chi connectivity index (χ0v) is 8.54. The lowest BCUT2D eigenvalue weighted by Gasteiger charge is -2.05. The van der Waals surface area contributed by atoms with E-state index in [1.807, 2.05) is 0 Å². The van der Waals surface area contributed by atoms with E-state index in [0.717, 1.165) is 0 Å². The Kier molecular flexibility index (Phi) is 3.30. The smallest absolute Gasteiger partial charge is 0.336 e. The minimum absolute atomic E-state index is 0.0113. The van der Waals surface area contributed by atoms with Crippen LogP contribution in [0.2, 0.25) is 0 Å². The van der Waals surface area contributed by atoms with Crippen LogP contribution in [0.5, 0.6) is 0 Å². The number of benzene rings is 1. The SMILES string of the molecule is CC(=O)Cc1cccc(C(=O)O)c1S. The molecule has 1 rings (SSSR count). The number of aromatic carboxylic acids is 1. The molecule has 1 aromatic rings. The maximum atomic E-state index is 10.9. The number of thiol groups is 1. The zero-order chi connectivity index (χ0) is 10.7. The Morgan fingerprint density at radius 2 is 2.07 bits per heavy atom. The minimum Gasteiger partial charge on any atom is -0.478 e. The Morgan fingerprint density at radius 3 is 2.57 bits per heavy atom. The van der Waals surface area contributed by atoms with E-state index < -0.39 is 5.97 Å². The summed E-state index contributed by atoms with van der Waals surface area (Å²) in [6, 6.07) is 4.78. The van der Waals surface area contributed by atoms with E-state index in [-0.39, 0.29) is 17.8 Å². The van der Waals surface area contributed by atoms with Crippen LogP contribution in [0, 0.1) is 0 Å². The van der Waals surface area contributed by atoms with E-state index in [4.69, 9.17) is 5.11 Å². The van der Waals surface area contributed by atoms with Crippen molar-refractivity contribution >= 4 is 24.4 Å². The molecule has 1 aromatic carbocycles. The molecule has 0 atom stereocenters. The lowest BCUT2D eigenvalue weighted by Crippen LogP contribution is -2.03. The predicted molar refractivity (Wildman–Crippen MR) is 55.0 cm³/mol. The van der Waals surface area contributed by atoms with Crippen LogP contribution in [0.15, 0.2) is 23.1 Å². The maximum absolute atomic E-state index is 10.9. The van der Waals surface area contributed by atoms with Crippen LogP contribution in [-0.4, -0.2) is 16.9 Å². The van der Waals surface area contributed by atoms with Crippen molar-refractivity contribution in [3.63, 3.8) is 0 Å². The summed E-state index contributed by atoms with van der Waals surface area (Å²) in [6.07, 6.45) is 0.222. The molecule has 0 bridgehead atoms. The Morgan fingerprint density at radius 1 is 1.43 bits per heavy atom. The first kappa shape index (κ1) is 10.8. The fraction of sp³-hybridized carbons (Fsp3) is 0.200. The highest BCUT2D eigenvalue weighted by Crippen LogP contribution is 2.19. The lowest BCUT2D eigenvalue weighted by molar-refractivity contribution is -0.116. The van der Waals surface area contributed by atoms with Crippen molar-refractivity contribution in [1.29, 1.82) is 0 Å². The summed E-state index contributed by atoms with van der Waals surface area (Å²) in [5.41, 5.74) is 0.785. The predicted octanol–water partition coefficient (Wildman–Crippen LogP) is 1.81. The van der Waals surface area contributed by atoms with Crippen molar-refractivity contribution in [2.45, 2.75) is 18.2 Å². The molecule has 3 nitrogen and oxygen atoms in total. The van der Waals surface area contributed by atoms with Gasteiger partial charge in [-0.15, -0.1) is 12.6 Å². The number of hydrogen-bond donors (Lipinski definition) is 2. The average Bonchev–Trinajstić information content (AvgIpc) is 2.07. The third kappa shape index (κ3) is 2.35. The Bertz CT molecular complexity index is 385. The fourth-order valence-electron chi connectivity index (χ4n) is 1.17. The van der Waals surface area contributed by atoms with E-state index in [1.165, 1.54) is 13.0 Å². The normalized spacial score (nSPS) is 9.86. The third-order valence-corrected chi connectivity index (χ3v) is 2.32. The van der Waals surface area contributed by atoms with Gasteiger partial charge in [0.25, 0.3) is 0 Å². The molecular weight excluding hydrogens is 200 g/mol. The van der Waals surface area contributed by atoms with Crippen LogP contribution in [0.1, 0.15) is 22.8 Å². The van der Waals surface area contributed by atoms with Crippen LogP contribution < -0.4 is 0 Å². The van der Waals surface area contributed by atoms with Gasteiger partial charge in [-0.25, -0.2) is 4.79 Å². The first-order valence-electron chi connectivity index (χ1n) is 4.06. The van der Waals surface area contributed by atoms with E-state index in [1.54, 1.807) is 12.1 Å². The molecule has 0 aliphatic carbocycles. The van der Waals surface area contributed by atoms with Gasteiger partial charge in [0, 0.05) is 11.3 Å². The molecule has 0 amide bonds. The van der Waals surface area contributed by atoms with Gasteiger partial charge in [-0.2, -0.15) is 0 Å². The second-order valence-electron chi connectivity index (χ2n) is 3.00. The van der Waals surface area contributed by atoms with Crippen molar-refractivity contribution in [2.75, 3.05) is 0 Å². The summed E-state index contributed by atoms with van der Waals surface area (Å²) < 4.78 is 0.